The van der Waals surface area contributed by atoms with Gasteiger partial charge in [0.2, 0.25) is 10.0 Å². The molecule has 1 atom stereocenters. The number of sulfonamides is 1. The number of hydrogen-bond acceptors (Lipinski definition) is 4. The van der Waals surface area contributed by atoms with E-state index in [1.165, 1.54) is 23.9 Å². The summed E-state index contributed by atoms with van der Waals surface area (Å²) in [6.07, 6.45) is 1.73. The maximum Gasteiger partial charge on any atom is 0.267 e. The van der Waals surface area contributed by atoms with Gasteiger partial charge in [0.25, 0.3) is 5.91 Å². The van der Waals surface area contributed by atoms with E-state index in [2.05, 4.69) is 10.0 Å². The van der Waals surface area contributed by atoms with Crippen LogP contribution in [0.2, 0.25) is 0 Å². The maximum atomic E-state index is 12.4. The number of rotatable bonds is 7. The zero-order chi connectivity index (χ0) is 16.2. The number of aryl methyl sites for hydroxylation is 1. The van der Waals surface area contributed by atoms with Crippen molar-refractivity contribution in [2.24, 2.45) is 13.0 Å². The Hall–Kier alpha value is -1.38. The van der Waals surface area contributed by atoms with Crippen molar-refractivity contribution in [3.8, 4) is 0 Å². The van der Waals surface area contributed by atoms with Crippen molar-refractivity contribution >= 4 is 15.9 Å². The first kappa shape index (κ1) is 17.7. The highest BCUT2D eigenvalue weighted by Gasteiger charge is 2.24. The Morgan fingerprint density at radius 1 is 1.43 bits per heavy atom. The fourth-order valence-electron chi connectivity index (χ4n) is 1.97. The van der Waals surface area contributed by atoms with Crippen LogP contribution in [-0.4, -0.2) is 43.7 Å². The van der Waals surface area contributed by atoms with Gasteiger partial charge < -0.3 is 15.0 Å². The molecule has 0 fully saturated rings. The summed E-state index contributed by atoms with van der Waals surface area (Å²) in [5.74, 6) is -0.302. The molecule has 0 aliphatic rings. The number of aliphatic hydroxyl groups excluding tert-OH is 1. The fourth-order valence-corrected chi connectivity index (χ4v) is 3.46. The van der Waals surface area contributed by atoms with Crippen molar-refractivity contribution in [2.45, 2.75) is 31.2 Å². The van der Waals surface area contributed by atoms with E-state index in [9.17, 15) is 13.2 Å². The van der Waals surface area contributed by atoms with Gasteiger partial charge in [-0.05, 0) is 18.4 Å². The molecule has 1 aromatic heterocycles. The highest BCUT2D eigenvalue weighted by molar-refractivity contribution is 7.89. The van der Waals surface area contributed by atoms with Crippen LogP contribution in [0.4, 0.5) is 0 Å². The van der Waals surface area contributed by atoms with Gasteiger partial charge in [0, 0.05) is 32.9 Å². The Kier molecular flexibility index (Phi) is 5.94. The summed E-state index contributed by atoms with van der Waals surface area (Å²) in [5, 5.41) is 11.5. The van der Waals surface area contributed by atoms with Crippen molar-refractivity contribution in [2.75, 3.05) is 13.7 Å². The van der Waals surface area contributed by atoms with E-state index in [0.29, 0.717) is 6.42 Å². The summed E-state index contributed by atoms with van der Waals surface area (Å²) in [6.45, 7) is 3.66. The molecule has 3 N–H and O–H groups in total. The van der Waals surface area contributed by atoms with Gasteiger partial charge in [-0.2, -0.15) is 0 Å². The molecule has 1 amide bonds. The predicted molar refractivity (Wildman–Crippen MR) is 79.5 cm³/mol. The third-order valence-corrected chi connectivity index (χ3v) is 4.76. The minimum atomic E-state index is -3.73. The van der Waals surface area contributed by atoms with Gasteiger partial charge >= 0.3 is 0 Å². The molecular weight excluding hydrogens is 294 g/mol. The molecule has 0 aliphatic carbocycles. The summed E-state index contributed by atoms with van der Waals surface area (Å²) < 4.78 is 28.8. The first-order valence-corrected chi connectivity index (χ1v) is 8.23. The lowest BCUT2D eigenvalue weighted by Crippen LogP contribution is -2.39. The van der Waals surface area contributed by atoms with E-state index in [-0.39, 0.29) is 35.1 Å². The highest BCUT2D eigenvalue weighted by Crippen LogP contribution is 2.16. The van der Waals surface area contributed by atoms with Gasteiger partial charge in [-0.25, -0.2) is 13.1 Å². The second-order valence-electron chi connectivity index (χ2n) is 5.24. The summed E-state index contributed by atoms with van der Waals surface area (Å²) >= 11 is 0. The minimum absolute atomic E-state index is 0.0344. The number of nitrogens with one attached hydrogen (secondary N) is 2. The van der Waals surface area contributed by atoms with Gasteiger partial charge in [0.1, 0.15) is 10.6 Å². The molecule has 0 radical (unpaired) electrons. The van der Waals surface area contributed by atoms with Crippen molar-refractivity contribution in [1.82, 2.24) is 14.6 Å². The molecular formula is C13H23N3O4S. The van der Waals surface area contributed by atoms with Crippen LogP contribution in [0.5, 0.6) is 0 Å². The quantitative estimate of drug-likeness (QED) is 0.662. The van der Waals surface area contributed by atoms with Gasteiger partial charge in [-0.15, -0.1) is 0 Å². The van der Waals surface area contributed by atoms with Gasteiger partial charge in [-0.3, -0.25) is 4.79 Å². The van der Waals surface area contributed by atoms with Crippen LogP contribution in [0.1, 0.15) is 30.8 Å². The molecule has 120 valence electrons. The van der Waals surface area contributed by atoms with E-state index >= 15 is 0 Å². The molecule has 21 heavy (non-hydrogen) atoms. The molecule has 0 saturated carbocycles. The lowest BCUT2D eigenvalue weighted by Gasteiger charge is -2.20. The van der Waals surface area contributed by atoms with Gasteiger partial charge in [-0.1, -0.05) is 13.8 Å². The molecule has 0 saturated heterocycles. The molecule has 0 bridgehead atoms. The van der Waals surface area contributed by atoms with Crippen LogP contribution >= 0.6 is 0 Å². The van der Waals surface area contributed by atoms with Crippen LogP contribution in [0.3, 0.4) is 0 Å². The number of hydrogen-bond donors (Lipinski definition) is 3. The van der Waals surface area contributed by atoms with E-state index < -0.39 is 10.0 Å². The number of carbonyl (C=O) groups is 1. The molecule has 7 nitrogen and oxygen atoms in total. The van der Waals surface area contributed by atoms with Gasteiger partial charge in [0.05, 0.1) is 0 Å². The average Bonchev–Trinajstić information content (AvgIpc) is 2.80. The highest BCUT2D eigenvalue weighted by atomic mass is 32.2. The Labute approximate surface area is 125 Å². The van der Waals surface area contributed by atoms with Gasteiger partial charge in [0.15, 0.2) is 0 Å². The summed E-state index contributed by atoms with van der Waals surface area (Å²) in [7, 11) is -0.640. The zero-order valence-corrected chi connectivity index (χ0v) is 13.6. The van der Waals surface area contributed by atoms with E-state index in [1.807, 2.05) is 13.8 Å². The minimum Gasteiger partial charge on any atom is -0.396 e. The standard InChI is InChI=1S/C13H23N3O4S/c1-9(2)11(5-6-17)15-21(19,20)10-7-12(13(18)14-3)16(4)8-10/h7-9,11,15,17H,5-6H2,1-4H3,(H,14,18). The number of carbonyl (C=O) groups excluding carboxylic acids is 1. The summed E-state index contributed by atoms with van der Waals surface area (Å²) in [5.41, 5.74) is 0.265. The number of aromatic nitrogens is 1. The number of nitrogens with zero attached hydrogens (tertiary/aromatic N) is 1. The van der Waals surface area contributed by atoms with Crippen LogP contribution in [0.25, 0.3) is 0 Å². The third-order valence-electron chi connectivity index (χ3n) is 3.30. The smallest absolute Gasteiger partial charge is 0.267 e. The Morgan fingerprint density at radius 3 is 2.52 bits per heavy atom. The van der Waals surface area contributed by atoms with E-state index in [0.717, 1.165) is 0 Å². The number of amides is 1. The lowest BCUT2D eigenvalue weighted by molar-refractivity contribution is 0.0955. The van der Waals surface area contributed by atoms with Crippen LogP contribution in [-0.2, 0) is 17.1 Å². The second kappa shape index (κ2) is 7.06. The Balaban J connectivity index is 3.05. The molecule has 0 spiro atoms. The van der Waals surface area contributed by atoms with E-state index in [1.54, 1.807) is 7.05 Å². The normalized spacial score (nSPS) is 13.4. The average molecular weight is 317 g/mol. The van der Waals surface area contributed by atoms with Crippen molar-refractivity contribution in [1.29, 1.82) is 0 Å². The van der Waals surface area contributed by atoms with Crippen molar-refractivity contribution in [3.63, 3.8) is 0 Å². The predicted octanol–water partition coefficient (Wildman–Crippen LogP) is 0.0700. The van der Waals surface area contributed by atoms with Crippen LogP contribution in [0.15, 0.2) is 17.2 Å². The molecule has 8 heteroatoms. The molecule has 1 rings (SSSR count). The van der Waals surface area contributed by atoms with Crippen molar-refractivity contribution < 1.29 is 18.3 Å². The molecule has 1 heterocycles. The Bertz CT molecular complexity index is 593. The Morgan fingerprint density at radius 2 is 2.05 bits per heavy atom. The molecule has 0 aromatic carbocycles. The molecule has 1 unspecified atom stereocenters. The zero-order valence-electron chi connectivity index (χ0n) is 12.8. The number of aliphatic hydroxyl groups is 1. The topological polar surface area (TPSA) is 100 Å². The first-order chi connectivity index (χ1) is 9.72. The third kappa shape index (κ3) is 4.29. The van der Waals surface area contributed by atoms with E-state index in [4.69, 9.17) is 5.11 Å². The SMILES string of the molecule is CNC(=O)c1cc(S(=O)(=O)NC(CCO)C(C)C)cn1C. The van der Waals surface area contributed by atoms with Crippen LogP contribution in [0, 0.1) is 5.92 Å². The summed E-state index contributed by atoms with van der Waals surface area (Å²) in [6, 6.07) is 0.973. The monoisotopic (exact) mass is 317 g/mol. The molecule has 1 aromatic rings. The fraction of sp³-hybridized carbons (Fsp3) is 0.615. The summed E-state index contributed by atoms with van der Waals surface area (Å²) in [4.78, 5) is 11.7. The largest absolute Gasteiger partial charge is 0.396 e. The second-order valence-corrected chi connectivity index (χ2v) is 6.95. The first-order valence-electron chi connectivity index (χ1n) is 6.74. The lowest BCUT2D eigenvalue weighted by atomic mass is 10.0. The van der Waals surface area contributed by atoms with Crippen molar-refractivity contribution in [3.05, 3.63) is 18.0 Å². The van der Waals surface area contributed by atoms with Crippen LogP contribution < -0.4 is 10.0 Å². The molecule has 0 aliphatic heterocycles. The maximum absolute atomic E-state index is 12.4.